The molecule has 2 rings (SSSR count). The van der Waals surface area contributed by atoms with Crippen molar-refractivity contribution < 1.29 is 14.0 Å². The van der Waals surface area contributed by atoms with Gasteiger partial charge in [0, 0.05) is 39.0 Å². The van der Waals surface area contributed by atoms with E-state index in [1.54, 1.807) is 0 Å². The average molecular weight is 352 g/mol. The first-order valence-corrected chi connectivity index (χ1v) is 9.36. The SMILES string of the molecule is CCNC(=NCc1cc(C(C)C)no1)NCCCOC1CCOCC1. The molecule has 0 amide bonds. The largest absolute Gasteiger partial charge is 0.381 e. The Morgan fingerprint density at radius 2 is 2.16 bits per heavy atom. The van der Waals surface area contributed by atoms with Crippen LogP contribution in [0.3, 0.4) is 0 Å². The molecule has 0 saturated carbocycles. The van der Waals surface area contributed by atoms with Crippen molar-refractivity contribution in [3.05, 3.63) is 17.5 Å². The van der Waals surface area contributed by atoms with Crippen LogP contribution in [0.15, 0.2) is 15.6 Å². The Hall–Kier alpha value is -1.60. The molecule has 1 aromatic heterocycles. The number of aromatic nitrogens is 1. The first-order chi connectivity index (χ1) is 12.2. The van der Waals surface area contributed by atoms with Crippen LogP contribution >= 0.6 is 0 Å². The second-order valence-corrected chi connectivity index (χ2v) is 6.53. The minimum atomic E-state index is 0.359. The minimum Gasteiger partial charge on any atom is -0.381 e. The Kier molecular flexibility index (Phi) is 8.76. The van der Waals surface area contributed by atoms with Gasteiger partial charge in [0.05, 0.1) is 11.8 Å². The van der Waals surface area contributed by atoms with Crippen LogP contribution in [0.25, 0.3) is 0 Å². The molecule has 142 valence electrons. The smallest absolute Gasteiger partial charge is 0.191 e. The molecule has 1 fully saturated rings. The van der Waals surface area contributed by atoms with Crippen LogP contribution in [-0.4, -0.2) is 50.1 Å². The summed E-state index contributed by atoms with van der Waals surface area (Å²) in [6.45, 7) is 10.8. The predicted molar refractivity (Wildman–Crippen MR) is 97.8 cm³/mol. The lowest BCUT2D eigenvalue weighted by Crippen LogP contribution is -2.38. The molecule has 0 radical (unpaired) electrons. The zero-order valence-corrected chi connectivity index (χ0v) is 15.7. The lowest BCUT2D eigenvalue weighted by Gasteiger charge is -2.22. The molecule has 7 nitrogen and oxygen atoms in total. The fourth-order valence-corrected chi connectivity index (χ4v) is 2.55. The molecular weight excluding hydrogens is 320 g/mol. The van der Waals surface area contributed by atoms with Crippen LogP contribution in [0.4, 0.5) is 0 Å². The number of nitrogens with zero attached hydrogens (tertiary/aromatic N) is 2. The molecule has 1 aliphatic rings. The summed E-state index contributed by atoms with van der Waals surface area (Å²) < 4.78 is 16.5. The lowest BCUT2D eigenvalue weighted by molar-refractivity contribution is -0.0320. The van der Waals surface area contributed by atoms with E-state index in [-0.39, 0.29) is 0 Å². The van der Waals surface area contributed by atoms with Gasteiger partial charge in [-0.1, -0.05) is 19.0 Å². The second kappa shape index (κ2) is 11.1. The highest BCUT2D eigenvalue weighted by Crippen LogP contribution is 2.14. The Balaban J connectivity index is 1.67. The van der Waals surface area contributed by atoms with Crippen LogP contribution in [0, 0.1) is 0 Å². The molecule has 2 heterocycles. The maximum absolute atomic E-state index is 5.88. The van der Waals surface area contributed by atoms with Crippen molar-refractivity contribution >= 4 is 5.96 Å². The molecule has 0 aromatic carbocycles. The second-order valence-electron chi connectivity index (χ2n) is 6.53. The van der Waals surface area contributed by atoms with E-state index in [2.05, 4.69) is 41.6 Å². The third-order valence-electron chi connectivity index (χ3n) is 4.04. The highest BCUT2D eigenvalue weighted by molar-refractivity contribution is 5.79. The Morgan fingerprint density at radius 1 is 1.36 bits per heavy atom. The van der Waals surface area contributed by atoms with Gasteiger partial charge in [0.2, 0.25) is 0 Å². The highest BCUT2D eigenvalue weighted by atomic mass is 16.5. The molecule has 0 bridgehead atoms. The first-order valence-electron chi connectivity index (χ1n) is 9.36. The van der Waals surface area contributed by atoms with Crippen molar-refractivity contribution in [2.75, 3.05) is 32.9 Å². The normalized spacial score (nSPS) is 16.4. The van der Waals surface area contributed by atoms with E-state index in [4.69, 9.17) is 14.0 Å². The number of nitrogens with one attached hydrogen (secondary N) is 2. The summed E-state index contributed by atoms with van der Waals surface area (Å²) in [5.41, 5.74) is 0.966. The predicted octanol–water partition coefficient (Wildman–Crippen LogP) is 2.44. The average Bonchev–Trinajstić information content (AvgIpc) is 3.09. The topological polar surface area (TPSA) is 80.9 Å². The molecule has 1 aromatic rings. The van der Waals surface area contributed by atoms with Crippen LogP contribution in [0.2, 0.25) is 0 Å². The molecule has 2 N–H and O–H groups in total. The summed E-state index contributed by atoms with van der Waals surface area (Å²) in [6, 6.07) is 1.97. The molecule has 1 aliphatic heterocycles. The molecular formula is C18H32N4O3. The number of hydrogen-bond donors (Lipinski definition) is 2. The van der Waals surface area contributed by atoms with Crippen molar-refractivity contribution in [1.82, 2.24) is 15.8 Å². The highest BCUT2D eigenvalue weighted by Gasteiger charge is 2.13. The number of ether oxygens (including phenoxy) is 2. The third-order valence-corrected chi connectivity index (χ3v) is 4.04. The van der Waals surface area contributed by atoms with Crippen molar-refractivity contribution in [1.29, 1.82) is 0 Å². The van der Waals surface area contributed by atoms with Gasteiger partial charge in [-0.2, -0.15) is 0 Å². The monoisotopic (exact) mass is 352 g/mol. The van der Waals surface area contributed by atoms with Gasteiger partial charge in [-0.25, -0.2) is 4.99 Å². The number of hydrogen-bond acceptors (Lipinski definition) is 5. The van der Waals surface area contributed by atoms with E-state index >= 15 is 0 Å². The van der Waals surface area contributed by atoms with Crippen LogP contribution in [0.5, 0.6) is 0 Å². The van der Waals surface area contributed by atoms with Gasteiger partial charge in [0.15, 0.2) is 11.7 Å². The fourth-order valence-electron chi connectivity index (χ4n) is 2.55. The van der Waals surface area contributed by atoms with E-state index in [0.717, 1.165) is 69.6 Å². The zero-order chi connectivity index (χ0) is 17.9. The number of rotatable bonds is 9. The van der Waals surface area contributed by atoms with Gasteiger partial charge in [-0.3, -0.25) is 0 Å². The van der Waals surface area contributed by atoms with E-state index in [0.29, 0.717) is 18.6 Å². The number of aliphatic imine (C=N–C) groups is 1. The van der Waals surface area contributed by atoms with Gasteiger partial charge in [-0.15, -0.1) is 0 Å². The first kappa shape index (κ1) is 19.7. The Morgan fingerprint density at radius 3 is 2.84 bits per heavy atom. The van der Waals surface area contributed by atoms with E-state index in [1.165, 1.54) is 0 Å². The van der Waals surface area contributed by atoms with Crippen LogP contribution in [-0.2, 0) is 16.0 Å². The van der Waals surface area contributed by atoms with Crippen molar-refractivity contribution in [3.8, 4) is 0 Å². The van der Waals surface area contributed by atoms with Gasteiger partial charge >= 0.3 is 0 Å². The molecule has 0 unspecified atom stereocenters. The summed E-state index contributed by atoms with van der Waals surface area (Å²) in [4.78, 5) is 4.55. The van der Waals surface area contributed by atoms with E-state index < -0.39 is 0 Å². The van der Waals surface area contributed by atoms with Crippen LogP contribution in [0.1, 0.15) is 57.4 Å². The van der Waals surface area contributed by atoms with Crippen molar-refractivity contribution in [3.63, 3.8) is 0 Å². The molecule has 0 aliphatic carbocycles. The molecule has 7 heteroatoms. The standard InChI is InChI=1S/C18H32N4O3/c1-4-19-18(21-13-16-12-17(14(2)3)22-25-16)20-8-5-9-24-15-6-10-23-11-7-15/h12,14-15H,4-11,13H2,1-3H3,(H2,19,20,21). The zero-order valence-electron chi connectivity index (χ0n) is 15.7. The van der Waals surface area contributed by atoms with Gasteiger partial charge < -0.3 is 24.6 Å². The van der Waals surface area contributed by atoms with Gasteiger partial charge in [0.25, 0.3) is 0 Å². The van der Waals surface area contributed by atoms with E-state index in [9.17, 15) is 0 Å². The minimum absolute atomic E-state index is 0.359. The number of guanidine groups is 1. The lowest BCUT2D eigenvalue weighted by atomic mass is 10.1. The van der Waals surface area contributed by atoms with Gasteiger partial charge in [-0.05, 0) is 32.1 Å². The third kappa shape index (κ3) is 7.44. The molecule has 0 atom stereocenters. The summed E-state index contributed by atoms with van der Waals surface area (Å²) in [7, 11) is 0. The molecule has 0 spiro atoms. The molecule has 25 heavy (non-hydrogen) atoms. The Labute approximate surface area is 150 Å². The summed E-state index contributed by atoms with van der Waals surface area (Å²) in [5.74, 6) is 1.93. The molecule has 1 saturated heterocycles. The summed E-state index contributed by atoms with van der Waals surface area (Å²) in [5, 5.41) is 10.6. The maximum Gasteiger partial charge on any atom is 0.191 e. The quantitative estimate of drug-likeness (QED) is 0.404. The van der Waals surface area contributed by atoms with Crippen molar-refractivity contribution in [2.24, 2.45) is 4.99 Å². The Bertz CT molecular complexity index is 510. The van der Waals surface area contributed by atoms with Crippen molar-refractivity contribution in [2.45, 2.75) is 58.6 Å². The summed E-state index contributed by atoms with van der Waals surface area (Å²) in [6.07, 6.45) is 3.32. The fraction of sp³-hybridized carbons (Fsp3) is 0.778. The van der Waals surface area contributed by atoms with Gasteiger partial charge in [0.1, 0.15) is 6.54 Å². The maximum atomic E-state index is 5.88. The van der Waals surface area contributed by atoms with Crippen LogP contribution < -0.4 is 10.6 Å². The summed E-state index contributed by atoms with van der Waals surface area (Å²) >= 11 is 0. The van der Waals surface area contributed by atoms with E-state index in [1.807, 2.05) is 6.07 Å².